The molecule has 0 bridgehead atoms. The molecular weight excluding hydrogens is 304 g/mol. The van der Waals surface area contributed by atoms with Gasteiger partial charge in [-0.1, -0.05) is 12.1 Å². The molecule has 1 atom stereocenters. The molecule has 2 amide bonds. The molecule has 0 unspecified atom stereocenters. The Labute approximate surface area is 131 Å². The Bertz CT molecular complexity index is 650. The Kier molecular flexibility index (Phi) is 6.34. The first-order valence-corrected chi connectivity index (χ1v) is 8.19. The van der Waals surface area contributed by atoms with Crippen LogP contribution in [0.15, 0.2) is 29.2 Å². The van der Waals surface area contributed by atoms with Crippen LogP contribution in [-0.2, 0) is 16.6 Å². The molecule has 7 nitrogen and oxygen atoms in total. The van der Waals surface area contributed by atoms with E-state index in [-0.39, 0.29) is 23.4 Å². The fourth-order valence-corrected chi connectivity index (χ4v) is 2.48. The van der Waals surface area contributed by atoms with Gasteiger partial charge in [-0.3, -0.25) is 0 Å². The van der Waals surface area contributed by atoms with Crippen LogP contribution in [0.3, 0.4) is 0 Å². The summed E-state index contributed by atoms with van der Waals surface area (Å²) in [6, 6.07) is 8.03. The maximum atomic E-state index is 11.8. The summed E-state index contributed by atoms with van der Waals surface area (Å²) in [4.78, 5) is 13.4. The zero-order valence-corrected chi connectivity index (χ0v) is 13.6. The predicted molar refractivity (Wildman–Crippen MR) is 82.3 cm³/mol. The standard InChI is InChI=1S/C14H20N4O3S/c1-11(8-15)10-18(3)14(19)17-9-12-4-6-13(7-5-12)22(20,21)16-2/h4-7,11,16H,9-10H2,1-3H3,(H,17,19)/t11-/m0/s1. The number of carbonyl (C=O) groups excluding carboxylic acids is 1. The van der Waals surface area contributed by atoms with Gasteiger partial charge in [0.15, 0.2) is 0 Å². The van der Waals surface area contributed by atoms with E-state index in [9.17, 15) is 13.2 Å². The predicted octanol–water partition coefficient (Wildman–Crippen LogP) is 0.896. The van der Waals surface area contributed by atoms with Crippen molar-refractivity contribution in [2.75, 3.05) is 20.6 Å². The fraction of sp³-hybridized carbons (Fsp3) is 0.429. The first kappa shape index (κ1) is 17.9. The third-order valence-electron chi connectivity index (χ3n) is 3.06. The molecular formula is C14H20N4O3S. The van der Waals surface area contributed by atoms with Gasteiger partial charge in [-0.05, 0) is 31.7 Å². The van der Waals surface area contributed by atoms with Crippen LogP contribution in [0.25, 0.3) is 0 Å². The molecule has 0 fully saturated rings. The number of urea groups is 1. The Morgan fingerprint density at radius 3 is 2.45 bits per heavy atom. The first-order valence-electron chi connectivity index (χ1n) is 6.71. The van der Waals surface area contributed by atoms with E-state index < -0.39 is 10.0 Å². The van der Waals surface area contributed by atoms with Crippen molar-refractivity contribution in [1.29, 1.82) is 5.26 Å². The molecule has 1 aromatic rings. The summed E-state index contributed by atoms with van der Waals surface area (Å²) in [5, 5.41) is 11.4. The maximum absolute atomic E-state index is 11.8. The summed E-state index contributed by atoms with van der Waals surface area (Å²) < 4.78 is 25.4. The molecule has 0 aliphatic heterocycles. The molecule has 0 saturated heterocycles. The van der Waals surface area contributed by atoms with Crippen LogP contribution < -0.4 is 10.0 Å². The summed E-state index contributed by atoms with van der Waals surface area (Å²) in [5.74, 6) is -0.234. The maximum Gasteiger partial charge on any atom is 0.317 e. The van der Waals surface area contributed by atoms with Gasteiger partial charge in [-0.15, -0.1) is 0 Å². The Morgan fingerprint density at radius 2 is 1.95 bits per heavy atom. The molecule has 0 heterocycles. The second kappa shape index (κ2) is 7.77. The van der Waals surface area contributed by atoms with Gasteiger partial charge in [0.2, 0.25) is 10.0 Å². The van der Waals surface area contributed by atoms with Crippen LogP contribution in [0, 0.1) is 17.2 Å². The Balaban J connectivity index is 2.59. The molecule has 0 saturated carbocycles. The van der Waals surface area contributed by atoms with E-state index >= 15 is 0 Å². The molecule has 2 N–H and O–H groups in total. The van der Waals surface area contributed by atoms with E-state index in [0.29, 0.717) is 6.54 Å². The SMILES string of the molecule is CNS(=O)(=O)c1ccc(CNC(=O)N(C)C[C@@H](C)C#N)cc1. The van der Waals surface area contributed by atoms with E-state index in [0.717, 1.165) is 5.56 Å². The van der Waals surface area contributed by atoms with E-state index in [1.54, 1.807) is 26.1 Å². The molecule has 0 aliphatic carbocycles. The highest BCUT2D eigenvalue weighted by Gasteiger charge is 2.13. The molecule has 1 aromatic carbocycles. The van der Waals surface area contributed by atoms with Crippen molar-refractivity contribution in [3.05, 3.63) is 29.8 Å². The van der Waals surface area contributed by atoms with Gasteiger partial charge in [-0.25, -0.2) is 17.9 Å². The van der Waals surface area contributed by atoms with Crippen LogP contribution in [0.2, 0.25) is 0 Å². The summed E-state index contributed by atoms with van der Waals surface area (Å²) in [6.45, 7) is 2.37. The number of sulfonamides is 1. The van der Waals surface area contributed by atoms with Crippen LogP contribution in [0.5, 0.6) is 0 Å². The van der Waals surface area contributed by atoms with Gasteiger partial charge >= 0.3 is 6.03 Å². The number of benzene rings is 1. The quantitative estimate of drug-likeness (QED) is 0.811. The molecule has 0 radical (unpaired) electrons. The minimum absolute atomic E-state index is 0.171. The molecule has 0 spiro atoms. The number of amides is 2. The number of hydrogen-bond donors (Lipinski definition) is 2. The van der Waals surface area contributed by atoms with Gasteiger partial charge in [-0.2, -0.15) is 5.26 Å². The van der Waals surface area contributed by atoms with Crippen molar-refractivity contribution >= 4 is 16.1 Å². The minimum atomic E-state index is -3.45. The van der Waals surface area contributed by atoms with E-state index in [4.69, 9.17) is 5.26 Å². The van der Waals surface area contributed by atoms with Crippen LogP contribution >= 0.6 is 0 Å². The van der Waals surface area contributed by atoms with E-state index in [2.05, 4.69) is 16.1 Å². The monoisotopic (exact) mass is 324 g/mol. The van der Waals surface area contributed by atoms with Crippen molar-refractivity contribution in [2.45, 2.75) is 18.4 Å². The van der Waals surface area contributed by atoms with Gasteiger partial charge in [0.05, 0.1) is 16.9 Å². The summed E-state index contributed by atoms with van der Waals surface area (Å²) in [7, 11) is -0.487. The lowest BCUT2D eigenvalue weighted by Crippen LogP contribution is -2.38. The van der Waals surface area contributed by atoms with E-state index in [1.165, 1.54) is 24.1 Å². The normalized spacial score (nSPS) is 12.3. The van der Waals surface area contributed by atoms with Crippen molar-refractivity contribution < 1.29 is 13.2 Å². The van der Waals surface area contributed by atoms with Gasteiger partial charge in [0.1, 0.15) is 0 Å². The number of nitriles is 1. The van der Waals surface area contributed by atoms with Crippen LogP contribution in [0.4, 0.5) is 4.79 Å². The Morgan fingerprint density at radius 1 is 1.36 bits per heavy atom. The zero-order chi connectivity index (χ0) is 16.8. The van der Waals surface area contributed by atoms with Crippen molar-refractivity contribution in [3.63, 3.8) is 0 Å². The van der Waals surface area contributed by atoms with Gasteiger partial charge in [0.25, 0.3) is 0 Å². The fourth-order valence-electron chi connectivity index (χ4n) is 1.75. The summed E-state index contributed by atoms with van der Waals surface area (Å²) in [6.07, 6.45) is 0. The van der Waals surface area contributed by atoms with Crippen molar-refractivity contribution in [1.82, 2.24) is 14.9 Å². The number of hydrogen-bond acceptors (Lipinski definition) is 4. The second-order valence-electron chi connectivity index (χ2n) is 4.92. The Hall–Kier alpha value is -2.11. The topological polar surface area (TPSA) is 102 Å². The molecule has 120 valence electrons. The summed E-state index contributed by atoms with van der Waals surface area (Å²) in [5.41, 5.74) is 0.783. The third kappa shape index (κ3) is 5.02. The number of nitrogens with one attached hydrogen (secondary N) is 2. The molecule has 1 rings (SSSR count). The number of rotatable bonds is 6. The minimum Gasteiger partial charge on any atom is -0.334 e. The summed E-state index contributed by atoms with van der Waals surface area (Å²) >= 11 is 0. The highest BCUT2D eigenvalue weighted by Crippen LogP contribution is 2.10. The highest BCUT2D eigenvalue weighted by atomic mass is 32.2. The van der Waals surface area contributed by atoms with Crippen molar-refractivity contribution in [2.24, 2.45) is 5.92 Å². The molecule has 22 heavy (non-hydrogen) atoms. The lowest BCUT2D eigenvalue weighted by Gasteiger charge is -2.19. The molecule has 0 aliphatic rings. The molecule has 0 aromatic heterocycles. The number of carbonyl (C=O) groups is 1. The van der Waals surface area contributed by atoms with Crippen LogP contribution in [-0.4, -0.2) is 40.0 Å². The van der Waals surface area contributed by atoms with Gasteiger partial charge < -0.3 is 10.2 Å². The highest BCUT2D eigenvalue weighted by molar-refractivity contribution is 7.89. The lowest BCUT2D eigenvalue weighted by atomic mass is 10.2. The van der Waals surface area contributed by atoms with Crippen LogP contribution in [0.1, 0.15) is 12.5 Å². The second-order valence-corrected chi connectivity index (χ2v) is 6.81. The average Bonchev–Trinajstić information content (AvgIpc) is 2.52. The van der Waals surface area contributed by atoms with Gasteiger partial charge in [0, 0.05) is 20.1 Å². The first-order chi connectivity index (χ1) is 10.3. The van der Waals surface area contributed by atoms with E-state index in [1.807, 2.05) is 0 Å². The van der Waals surface area contributed by atoms with Crippen molar-refractivity contribution in [3.8, 4) is 6.07 Å². The largest absolute Gasteiger partial charge is 0.334 e. The molecule has 8 heteroatoms. The zero-order valence-electron chi connectivity index (χ0n) is 12.8. The third-order valence-corrected chi connectivity index (χ3v) is 4.49. The smallest absolute Gasteiger partial charge is 0.317 e. The number of nitrogens with zero attached hydrogens (tertiary/aromatic N) is 2. The lowest BCUT2D eigenvalue weighted by molar-refractivity contribution is 0.205. The average molecular weight is 324 g/mol.